The van der Waals surface area contributed by atoms with E-state index in [2.05, 4.69) is 0 Å². The van der Waals surface area contributed by atoms with E-state index in [-0.39, 0.29) is 12.4 Å². The van der Waals surface area contributed by atoms with Gasteiger partial charge in [-0.05, 0) is 39.0 Å². The zero-order chi connectivity index (χ0) is 16.0. The van der Waals surface area contributed by atoms with Gasteiger partial charge in [-0.15, -0.1) is 0 Å². The van der Waals surface area contributed by atoms with Crippen LogP contribution in [0, 0.1) is 0 Å². The molecule has 1 heterocycles. The van der Waals surface area contributed by atoms with Gasteiger partial charge in [0.05, 0.1) is 6.42 Å². The molecule has 0 aliphatic carbocycles. The Morgan fingerprint density at radius 1 is 1.33 bits per heavy atom. The van der Waals surface area contributed by atoms with Crippen LogP contribution in [0.1, 0.15) is 46.6 Å². The average Bonchev–Trinajstić information content (AvgIpc) is 2.26. The number of ether oxygens (including phenoxy) is 1. The second-order valence-corrected chi connectivity index (χ2v) is 6.99. The van der Waals surface area contributed by atoms with Gasteiger partial charge in [-0.2, -0.15) is 0 Å². The fourth-order valence-electron chi connectivity index (χ4n) is 2.66. The standard InChI is InChI=1S/C16H21NO4/c1-15(2,3)17(14(19)20)10-6-7-12-11(8-10)16(4,5)9-13(18)21-12/h6-8H,9H2,1-5H3,(H,19,20)/p-1. The first-order chi connectivity index (χ1) is 9.52. The first-order valence-electron chi connectivity index (χ1n) is 6.89. The van der Waals surface area contributed by atoms with E-state index in [0.717, 1.165) is 5.56 Å². The molecule has 21 heavy (non-hydrogen) atoms. The minimum Gasteiger partial charge on any atom is -0.530 e. The quantitative estimate of drug-likeness (QED) is 0.587. The smallest absolute Gasteiger partial charge is 0.312 e. The number of amides is 1. The van der Waals surface area contributed by atoms with E-state index >= 15 is 0 Å². The average molecular weight is 290 g/mol. The van der Waals surface area contributed by atoms with Crippen molar-refractivity contribution < 1.29 is 19.4 Å². The summed E-state index contributed by atoms with van der Waals surface area (Å²) >= 11 is 0. The highest BCUT2D eigenvalue weighted by atomic mass is 16.5. The van der Waals surface area contributed by atoms with Crippen molar-refractivity contribution in [2.75, 3.05) is 4.90 Å². The van der Waals surface area contributed by atoms with Crippen molar-refractivity contribution in [3.8, 4) is 5.75 Å². The maximum Gasteiger partial charge on any atom is 0.312 e. The van der Waals surface area contributed by atoms with Crippen LogP contribution in [-0.4, -0.2) is 17.6 Å². The molecule has 0 radical (unpaired) electrons. The predicted molar refractivity (Wildman–Crippen MR) is 77.3 cm³/mol. The van der Waals surface area contributed by atoms with Crippen LogP contribution in [0.15, 0.2) is 18.2 Å². The number of hydrogen-bond donors (Lipinski definition) is 0. The topological polar surface area (TPSA) is 69.7 Å². The Morgan fingerprint density at radius 3 is 2.48 bits per heavy atom. The lowest BCUT2D eigenvalue weighted by molar-refractivity contribution is -0.247. The molecule has 114 valence electrons. The summed E-state index contributed by atoms with van der Waals surface area (Å²) in [5.41, 5.74) is 0.334. The van der Waals surface area contributed by atoms with Crippen LogP contribution in [0.5, 0.6) is 5.75 Å². The minimum atomic E-state index is -1.26. The first-order valence-corrected chi connectivity index (χ1v) is 6.89. The van der Waals surface area contributed by atoms with Crippen LogP contribution >= 0.6 is 0 Å². The number of esters is 1. The van der Waals surface area contributed by atoms with Gasteiger partial charge in [0.25, 0.3) is 0 Å². The Bertz CT molecular complexity index is 599. The summed E-state index contributed by atoms with van der Waals surface area (Å²) in [6.07, 6.45) is -0.988. The van der Waals surface area contributed by atoms with E-state index in [0.29, 0.717) is 11.4 Å². The monoisotopic (exact) mass is 290 g/mol. The number of fused-ring (bicyclic) bond motifs is 1. The predicted octanol–water partition coefficient (Wildman–Crippen LogP) is 2.22. The highest BCUT2D eigenvalue weighted by Gasteiger charge is 2.35. The van der Waals surface area contributed by atoms with E-state index in [1.165, 1.54) is 4.90 Å². The van der Waals surface area contributed by atoms with E-state index in [4.69, 9.17) is 4.74 Å². The summed E-state index contributed by atoms with van der Waals surface area (Å²) in [6, 6.07) is 5.04. The molecule has 0 saturated heterocycles. The molecule has 1 aliphatic rings. The normalized spacial score (nSPS) is 16.9. The molecule has 5 heteroatoms. The van der Waals surface area contributed by atoms with Crippen molar-refractivity contribution in [1.29, 1.82) is 0 Å². The third-order valence-electron chi connectivity index (χ3n) is 3.61. The van der Waals surface area contributed by atoms with Crippen molar-refractivity contribution in [1.82, 2.24) is 0 Å². The Labute approximate surface area is 124 Å². The number of hydrogen-bond acceptors (Lipinski definition) is 4. The highest BCUT2D eigenvalue weighted by molar-refractivity contribution is 5.87. The van der Waals surface area contributed by atoms with Gasteiger partial charge < -0.3 is 19.5 Å². The lowest BCUT2D eigenvalue weighted by Crippen LogP contribution is -2.52. The summed E-state index contributed by atoms with van der Waals surface area (Å²) < 4.78 is 5.23. The largest absolute Gasteiger partial charge is 0.530 e. The molecule has 1 aromatic rings. The molecule has 0 bridgehead atoms. The molecule has 0 atom stereocenters. The molecule has 1 aliphatic heterocycles. The lowest BCUT2D eigenvalue weighted by atomic mass is 9.79. The third-order valence-corrected chi connectivity index (χ3v) is 3.61. The molecule has 0 aromatic heterocycles. The number of carbonyl (C=O) groups is 2. The summed E-state index contributed by atoms with van der Waals surface area (Å²) in [7, 11) is 0. The lowest BCUT2D eigenvalue weighted by Gasteiger charge is -2.39. The van der Waals surface area contributed by atoms with Crippen molar-refractivity contribution in [2.24, 2.45) is 0 Å². The van der Waals surface area contributed by atoms with Crippen LogP contribution in [0.25, 0.3) is 0 Å². The maximum absolute atomic E-state index is 11.6. The van der Waals surface area contributed by atoms with Crippen LogP contribution in [0.3, 0.4) is 0 Å². The van der Waals surface area contributed by atoms with Gasteiger partial charge in [-0.3, -0.25) is 4.79 Å². The minimum absolute atomic E-state index is 0.268. The molecule has 0 saturated carbocycles. The Morgan fingerprint density at radius 2 is 1.95 bits per heavy atom. The van der Waals surface area contributed by atoms with Gasteiger partial charge in [0.2, 0.25) is 0 Å². The number of anilines is 1. The fraction of sp³-hybridized carbons (Fsp3) is 0.500. The molecule has 0 N–H and O–H groups in total. The fourth-order valence-corrected chi connectivity index (χ4v) is 2.66. The van der Waals surface area contributed by atoms with Crippen molar-refractivity contribution >= 4 is 17.7 Å². The number of nitrogens with zero attached hydrogens (tertiary/aromatic N) is 1. The van der Waals surface area contributed by atoms with Crippen molar-refractivity contribution in [3.05, 3.63) is 23.8 Å². The molecule has 2 rings (SSSR count). The number of benzene rings is 1. The summed E-state index contributed by atoms with van der Waals surface area (Å²) in [4.78, 5) is 24.3. The zero-order valence-corrected chi connectivity index (χ0v) is 13.0. The van der Waals surface area contributed by atoms with E-state index in [1.807, 2.05) is 13.8 Å². The molecule has 0 spiro atoms. The van der Waals surface area contributed by atoms with Gasteiger partial charge in [0.1, 0.15) is 11.8 Å². The van der Waals surface area contributed by atoms with E-state index in [1.54, 1.807) is 39.0 Å². The summed E-state index contributed by atoms with van der Waals surface area (Å²) in [5, 5.41) is 11.5. The Balaban J connectivity index is 2.55. The van der Waals surface area contributed by atoms with Crippen LogP contribution in [-0.2, 0) is 10.2 Å². The SMILES string of the molecule is CC1(C)CC(=O)Oc2ccc(N(C(=O)[O-])C(C)(C)C)cc21. The van der Waals surface area contributed by atoms with Crippen molar-refractivity contribution in [3.63, 3.8) is 0 Å². The molecule has 1 amide bonds. The second-order valence-electron chi connectivity index (χ2n) is 6.99. The van der Waals surface area contributed by atoms with E-state index < -0.39 is 17.0 Å². The Kier molecular flexibility index (Phi) is 3.48. The molecule has 0 fully saturated rings. The van der Waals surface area contributed by atoms with Crippen LogP contribution in [0.2, 0.25) is 0 Å². The van der Waals surface area contributed by atoms with Gasteiger partial charge >= 0.3 is 5.97 Å². The third kappa shape index (κ3) is 2.86. The molecular weight excluding hydrogens is 270 g/mol. The van der Waals surface area contributed by atoms with Gasteiger partial charge in [0, 0.05) is 22.2 Å². The van der Waals surface area contributed by atoms with Gasteiger partial charge in [-0.25, -0.2) is 0 Å². The highest BCUT2D eigenvalue weighted by Crippen LogP contribution is 2.41. The molecular formula is C16H20NO4-. The molecule has 5 nitrogen and oxygen atoms in total. The van der Waals surface area contributed by atoms with Gasteiger partial charge in [0.15, 0.2) is 0 Å². The first kappa shape index (κ1) is 15.4. The van der Waals surface area contributed by atoms with E-state index in [9.17, 15) is 14.7 Å². The maximum atomic E-state index is 11.6. The van der Waals surface area contributed by atoms with Crippen molar-refractivity contribution in [2.45, 2.75) is 52.0 Å². The summed E-state index contributed by atoms with van der Waals surface area (Å²) in [6.45, 7) is 9.28. The number of rotatable bonds is 1. The number of carboxylic acid groups (broad SMARTS) is 1. The molecule has 1 aromatic carbocycles. The molecule has 0 unspecified atom stereocenters. The van der Waals surface area contributed by atoms with Crippen LogP contribution in [0.4, 0.5) is 10.5 Å². The summed E-state index contributed by atoms with van der Waals surface area (Å²) in [5.74, 6) is 0.222. The number of carbonyl (C=O) groups excluding carboxylic acids is 2. The van der Waals surface area contributed by atoms with Gasteiger partial charge in [-0.1, -0.05) is 13.8 Å². The zero-order valence-electron chi connectivity index (χ0n) is 13.0. The van der Waals surface area contributed by atoms with Crippen LogP contribution < -0.4 is 14.7 Å². The second kappa shape index (κ2) is 4.76. The Hall–Kier alpha value is -2.04.